The van der Waals surface area contributed by atoms with Crippen molar-refractivity contribution >= 4 is 51.6 Å². The van der Waals surface area contributed by atoms with Crippen molar-refractivity contribution in [2.24, 2.45) is 0 Å². The van der Waals surface area contributed by atoms with Gasteiger partial charge in [0.25, 0.3) is 56.7 Å². The summed E-state index contributed by atoms with van der Waals surface area (Å²) in [7, 11) is 1.61. The van der Waals surface area contributed by atoms with Gasteiger partial charge in [-0.15, -0.1) is 0 Å². The van der Waals surface area contributed by atoms with E-state index in [-0.39, 0.29) is 56.8 Å². The van der Waals surface area contributed by atoms with Gasteiger partial charge >= 0.3 is 0 Å². The molecule has 32 nitrogen and oxygen atoms in total. The highest BCUT2D eigenvalue weighted by Gasteiger charge is 2.20. The van der Waals surface area contributed by atoms with Crippen LogP contribution in [0.2, 0.25) is 0 Å². The smallest absolute Gasteiger partial charge is 0.274 e. The average Bonchev–Trinajstić information content (AvgIpc) is 1.68. The van der Waals surface area contributed by atoms with Gasteiger partial charge in [0.05, 0.1) is 74.1 Å². The zero-order valence-electron chi connectivity index (χ0n) is 75.4. The first-order chi connectivity index (χ1) is 64.2. The number of aromatic nitrogens is 20. The van der Waals surface area contributed by atoms with Crippen molar-refractivity contribution in [2.75, 3.05) is 41.5 Å². The molecule has 0 amide bonds. The first-order valence-corrected chi connectivity index (χ1v) is 43.4. The van der Waals surface area contributed by atoms with Crippen LogP contribution in [0.3, 0.4) is 0 Å². The molecular formula is C100H102FN25O7. The summed E-state index contributed by atoms with van der Waals surface area (Å²) in [6.45, 7) is 24.8. The molecule has 10 heterocycles. The first-order valence-electron chi connectivity index (χ1n) is 43.4. The van der Waals surface area contributed by atoms with Crippen molar-refractivity contribution in [3.8, 4) is 68.4 Å². The number of aromatic amines is 5. The summed E-state index contributed by atoms with van der Waals surface area (Å²) in [6.07, 6.45) is 1.04. The number of fused-ring (bicyclic) bond motifs is 5. The van der Waals surface area contributed by atoms with Crippen LogP contribution in [0.5, 0.6) is 11.5 Å². The van der Waals surface area contributed by atoms with Gasteiger partial charge in [-0.25, -0.2) is 29.3 Å². The number of para-hydroxylation sites is 2. The normalized spacial score (nSPS) is 11.3. The lowest BCUT2D eigenvalue weighted by Gasteiger charge is -2.18. The fourth-order valence-electron chi connectivity index (χ4n) is 13.9. The van der Waals surface area contributed by atoms with E-state index in [0.717, 1.165) is 69.3 Å². The third kappa shape index (κ3) is 23.3. The predicted octanol–water partition coefficient (Wildman–Crippen LogP) is 16.1. The number of hydrogen-bond donors (Lipinski definition) is 10. The van der Waals surface area contributed by atoms with Gasteiger partial charge in [0, 0.05) is 81.8 Å². The van der Waals surface area contributed by atoms with Crippen molar-refractivity contribution in [3.63, 3.8) is 0 Å². The fraction of sp³-hybridized carbons (Fsp3) is 0.210. The Balaban J connectivity index is 0.000000127. The van der Waals surface area contributed by atoms with Gasteiger partial charge in [-0.1, -0.05) is 205 Å². The Bertz CT molecular complexity index is 7500. The molecule has 676 valence electrons. The fourth-order valence-corrected chi connectivity index (χ4v) is 13.9. The second kappa shape index (κ2) is 41.2. The molecule has 9 aromatic carbocycles. The van der Waals surface area contributed by atoms with Gasteiger partial charge in [0.15, 0.2) is 29.1 Å². The maximum Gasteiger partial charge on any atom is 0.274 e. The summed E-state index contributed by atoms with van der Waals surface area (Å²) in [5, 5.41) is 31.0. The summed E-state index contributed by atoms with van der Waals surface area (Å²) < 4.78 is 31.1. The minimum Gasteiger partial charge on any atom is -0.497 e. The zero-order valence-corrected chi connectivity index (χ0v) is 75.4. The Hall–Kier alpha value is -16.6. The SMILES string of the molecule is CC(C)(C)c1ccc(-c2nc3nc(CNc4ccccc4F)cc(=O)n3[nH]2)cc1.CCCNCc1cc(=O)n2[nH]c(-c3ccc(C(C)(C)C)cc3)nc2n1.CCOc1ccc(NCc2cc(=O)n3[nH]c(-c4ccc(OC)cc4)nc3n2)cc1.Cc1ccc(NCc2cc(=O)n3[nH]c(-c4ccc(C)cc4)nc3n2)cc1.O=c1cc(CNc2ccccc2)nc2nc(-c3ccccc3)[nH]n12. The van der Waals surface area contributed by atoms with Crippen LogP contribution in [0, 0.1) is 19.7 Å². The standard InChI is InChI=1S/C22H22FN5O.C21H21N5O3.C20H19N5O.C19H25N5O.C18H15N5O/c1-22(2,3)15-10-8-14(9-11-15)20-26-21-25-16(12-19(29)28(21)27-20)13-24-18-7-5-4-6-17(18)23;1-3-29-18-10-6-15(7-11-18)22-13-16-12-19(27)26-21(23-16)24-20(25-26)14-4-8-17(28-2)9-5-14;1-13-3-7-15(8-4-13)19-23-20-22-17(11-18(26)25(20)24-19)12-21-16-9-5-14(2)6-10-16;1-5-10-20-12-15-11-16(25)24-18(21-15)22-17(23-24)13-6-8-14(9-7-13)19(2,3)4;24-16-11-15(12-19-14-9-5-2-6-10-14)20-18-21-17(22-23(16)18)13-7-3-1-4-8-13/h4-12,24H,13H2,1-3H3,(H,25,26,27);4-12,22H,3,13H2,1-2H3,(H,23,24,25);3-11,21H,12H2,1-2H3,(H,22,23,24);6-9,11,20H,5,10,12H2,1-4H3,(H,21,22,23);1-11,19H,12H2,(H,20,21,22). The number of hydrogen-bond acceptors (Lipinski definition) is 22. The van der Waals surface area contributed by atoms with E-state index in [2.05, 4.69) is 175 Å². The van der Waals surface area contributed by atoms with Crippen LogP contribution < -0.4 is 63.9 Å². The van der Waals surface area contributed by atoms with Gasteiger partial charge < -0.3 is 36.1 Å². The van der Waals surface area contributed by atoms with Crippen molar-refractivity contribution < 1.29 is 13.9 Å². The molecule has 133 heavy (non-hydrogen) atoms. The molecule has 0 fully saturated rings. The van der Waals surface area contributed by atoms with E-state index in [1.807, 2.05) is 203 Å². The number of nitrogens with one attached hydrogen (secondary N) is 10. The van der Waals surface area contributed by atoms with E-state index in [1.165, 1.54) is 75.2 Å². The first kappa shape index (κ1) is 91.2. The molecule has 0 aliphatic heterocycles. The van der Waals surface area contributed by atoms with Crippen LogP contribution in [-0.2, 0) is 43.6 Å². The Morgan fingerprint density at radius 3 is 0.970 bits per heavy atom. The third-order valence-corrected chi connectivity index (χ3v) is 21.2. The molecule has 0 radical (unpaired) electrons. The molecule has 19 aromatic rings. The molecule has 19 rings (SSSR count). The van der Waals surface area contributed by atoms with Gasteiger partial charge in [0.2, 0.25) is 0 Å². The molecule has 0 saturated heterocycles. The third-order valence-electron chi connectivity index (χ3n) is 21.2. The lowest BCUT2D eigenvalue weighted by Crippen LogP contribution is -2.20. The monoisotopic (exact) mass is 1780 g/mol. The highest BCUT2D eigenvalue weighted by Crippen LogP contribution is 2.29. The van der Waals surface area contributed by atoms with Crippen LogP contribution in [0.4, 0.5) is 27.1 Å². The Kier molecular flexibility index (Phi) is 28.3. The molecule has 0 spiro atoms. The zero-order chi connectivity index (χ0) is 93.3. The minimum atomic E-state index is -0.356. The molecule has 0 aliphatic carbocycles. The lowest BCUT2D eigenvalue weighted by molar-refractivity contribution is 0.340. The summed E-state index contributed by atoms with van der Waals surface area (Å²) >= 11 is 0. The second-order valence-corrected chi connectivity index (χ2v) is 33.3. The number of halogens is 1. The van der Waals surface area contributed by atoms with Gasteiger partial charge in [-0.05, 0) is 141 Å². The molecule has 33 heteroatoms. The lowest BCUT2D eigenvalue weighted by atomic mass is 9.87. The molecule has 10 aromatic heterocycles. The Labute approximate surface area is 763 Å². The summed E-state index contributed by atoms with van der Waals surface area (Å²) in [5.41, 5.74) is 14.8. The molecule has 0 aliphatic rings. The minimum absolute atomic E-state index is 0.0605. The van der Waals surface area contributed by atoms with Crippen molar-refractivity contribution in [2.45, 2.75) is 119 Å². The molecule has 0 unspecified atom stereocenters. The molecule has 0 bridgehead atoms. The van der Waals surface area contributed by atoms with Crippen LogP contribution in [0.15, 0.2) is 285 Å². The van der Waals surface area contributed by atoms with Crippen molar-refractivity contribution in [1.82, 2.24) is 103 Å². The Morgan fingerprint density at radius 2 is 0.624 bits per heavy atom. The number of aryl methyl sites for hydroxylation is 2. The van der Waals surface area contributed by atoms with Crippen molar-refractivity contribution in [3.05, 3.63) is 369 Å². The Morgan fingerprint density at radius 1 is 0.331 bits per heavy atom. The number of anilines is 4. The van der Waals surface area contributed by atoms with Crippen LogP contribution in [0.1, 0.15) is 113 Å². The maximum absolute atomic E-state index is 13.8. The average molecular weight is 1790 g/mol. The summed E-state index contributed by atoms with van der Waals surface area (Å²) in [4.78, 5) is 106. The maximum atomic E-state index is 13.8. The van der Waals surface area contributed by atoms with E-state index in [4.69, 9.17) is 9.47 Å². The second-order valence-electron chi connectivity index (χ2n) is 33.3. The molecule has 10 N–H and O–H groups in total. The number of rotatable bonds is 24. The molecule has 0 atom stereocenters. The molecule has 0 saturated carbocycles. The number of ether oxygens (including phenoxy) is 2. The van der Waals surface area contributed by atoms with E-state index >= 15 is 0 Å². The number of H-pyrrole nitrogens is 5. The number of methoxy groups -OCH3 is 1. The van der Waals surface area contributed by atoms with Crippen LogP contribution in [-0.4, -0.2) is 118 Å². The van der Waals surface area contributed by atoms with Gasteiger partial charge in [-0.3, -0.25) is 49.5 Å². The summed E-state index contributed by atoms with van der Waals surface area (Å²) in [6, 6.07) is 80.7. The van der Waals surface area contributed by atoms with E-state index in [0.29, 0.717) is 119 Å². The van der Waals surface area contributed by atoms with E-state index in [9.17, 15) is 28.4 Å². The number of benzene rings is 9. The van der Waals surface area contributed by atoms with E-state index in [1.54, 1.807) is 31.4 Å². The largest absolute Gasteiger partial charge is 0.497 e. The molecular weight excluding hydrogens is 1680 g/mol. The predicted molar refractivity (Wildman–Crippen MR) is 517 cm³/mol. The summed E-state index contributed by atoms with van der Waals surface area (Å²) in [5.74, 6) is 5.96. The highest BCUT2D eigenvalue weighted by atomic mass is 19.1. The van der Waals surface area contributed by atoms with E-state index < -0.39 is 0 Å². The van der Waals surface area contributed by atoms with Crippen LogP contribution in [0.25, 0.3) is 85.8 Å². The topological polar surface area (TPSA) is 394 Å². The van der Waals surface area contributed by atoms with Crippen molar-refractivity contribution in [1.29, 1.82) is 0 Å². The quantitative estimate of drug-likeness (QED) is 0.0251. The number of nitrogens with zero attached hydrogens (tertiary/aromatic N) is 15. The van der Waals surface area contributed by atoms with Gasteiger partial charge in [0.1, 0.15) is 17.3 Å². The highest BCUT2D eigenvalue weighted by molar-refractivity contribution is 5.63. The van der Waals surface area contributed by atoms with Crippen LogP contribution >= 0.6 is 0 Å². The van der Waals surface area contributed by atoms with Gasteiger partial charge in [-0.2, -0.15) is 47.5 Å².